The third-order valence-electron chi connectivity index (χ3n) is 4.69. The van der Waals surface area contributed by atoms with Gasteiger partial charge < -0.3 is 4.90 Å². The maximum atomic E-state index is 12.5. The Hall–Kier alpha value is -1.72. The number of aryl methyl sites for hydroxylation is 1. The van der Waals surface area contributed by atoms with E-state index >= 15 is 0 Å². The molecule has 0 N–H and O–H groups in total. The zero-order valence-electron chi connectivity index (χ0n) is 15.1. The number of amides is 1. The van der Waals surface area contributed by atoms with Crippen molar-refractivity contribution in [3.8, 4) is 0 Å². The van der Waals surface area contributed by atoms with E-state index in [0.29, 0.717) is 12.3 Å². The molecule has 0 saturated carbocycles. The molecule has 3 rings (SSSR count). The van der Waals surface area contributed by atoms with Gasteiger partial charge in [-0.1, -0.05) is 44.2 Å². The molecule has 134 valence electrons. The number of carbonyl (C=O) groups is 1. The molecule has 0 aliphatic carbocycles. The van der Waals surface area contributed by atoms with Gasteiger partial charge in [-0.25, -0.2) is 4.98 Å². The standard InChI is InChI=1S/C20H27N3OS/c1-16(2)18-15-25-19(21-18)8-9-20(24)23-12-10-22(11-13-23)14-17-6-4-3-5-7-17/h3-7,15-16H,8-14H2,1-2H3. The van der Waals surface area contributed by atoms with Crippen LogP contribution < -0.4 is 0 Å². The second-order valence-corrected chi connectivity index (χ2v) is 7.91. The van der Waals surface area contributed by atoms with Crippen molar-refractivity contribution in [2.75, 3.05) is 26.2 Å². The van der Waals surface area contributed by atoms with Crippen LogP contribution in [0.2, 0.25) is 0 Å². The minimum absolute atomic E-state index is 0.264. The molecule has 1 aliphatic heterocycles. The lowest BCUT2D eigenvalue weighted by Crippen LogP contribution is -2.48. The lowest BCUT2D eigenvalue weighted by atomic mass is 10.2. The average Bonchev–Trinajstić information content (AvgIpc) is 3.11. The molecule has 1 fully saturated rings. The lowest BCUT2D eigenvalue weighted by molar-refractivity contribution is -0.133. The quantitative estimate of drug-likeness (QED) is 0.793. The van der Waals surface area contributed by atoms with E-state index in [-0.39, 0.29) is 5.91 Å². The largest absolute Gasteiger partial charge is 0.340 e. The SMILES string of the molecule is CC(C)c1csc(CCC(=O)N2CCN(Cc3ccccc3)CC2)n1. The summed E-state index contributed by atoms with van der Waals surface area (Å²) < 4.78 is 0. The van der Waals surface area contributed by atoms with Gasteiger partial charge in [0.1, 0.15) is 0 Å². The van der Waals surface area contributed by atoms with Crippen molar-refractivity contribution in [3.63, 3.8) is 0 Å². The predicted octanol–water partition coefficient (Wildman–Crippen LogP) is 3.54. The molecule has 1 aliphatic rings. The highest BCUT2D eigenvalue weighted by atomic mass is 32.1. The second kappa shape index (κ2) is 8.59. The van der Waals surface area contributed by atoms with E-state index in [1.807, 2.05) is 11.0 Å². The third-order valence-corrected chi connectivity index (χ3v) is 5.61. The first-order valence-electron chi connectivity index (χ1n) is 9.10. The molecule has 1 aromatic carbocycles. The van der Waals surface area contributed by atoms with Gasteiger partial charge in [-0.3, -0.25) is 9.69 Å². The van der Waals surface area contributed by atoms with Crippen molar-refractivity contribution in [1.82, 2.24) is 14.8 Å². The van der Waals surface area contributed by atoms with Gasteiger partial charge in [-0.15, -0.1) is 11.3 Å². The summed E-state index contributed by atoms with van der Waals surface area (Å²) in [7, 11) is 0. The molecule has 1 saturated heterocycles. The number of thiazole rings is 1. The first-order valence-corrected chi connectivity index (χ1v) is 9.98. The number of carbonyl (C=O) groups excluding carboxylic acids is 1. The average molecular weight is 358 g/mol. The van der Waals surface area contributed by atoms with Crippen molar-refractivity contribution in [2.24, 2.45) is 0 Å². The van der Waals surface area contributed by atoms with Crippen LogP contribution in [-0.2, 0) is 17.8 Å². The molecule has 25 heavy (non-hydrogen) atoms. The van der Waals surface area contributed by atoms with E-state index in [2.05, 4.69) is 53.4 Å². The minimum atomic E-state index is 0.264. The summed E-state index contributed by atoms with van der Waals surface area (Å²) in [5, 5.41) is 3.20. The van der Waals surface area contributed by atoms with Crippen LogP contribution in [0.1, 0.15) is 42.5 Å². The van der Waals surface area contributed by atoms with Crippen molar-refractivity contribution in [2.45, 2.75) is 39.2 Å². The van der Waals surface area contributed by atoms with E-state index in [1.54, 1.807) is 11.3 Å². The monoisotopic (exact) mass is 357 g/mol. The number of nitrogens with zero attached hydrogens (tertiary/aromatic N) is 3. The van der Waals surface area contributed by atoms with E-state index in [0.717, 1.165) is 49.8 Å². The highest BCUT2D eigenvalue weighted by Gasteiger charge is 2.21. The first kappa shape index (κ1) is 18.1. The van der Waals surface area contributed by atoms with Crippen molar-refractivity contribution in [3.05, 3.63) is 52.0 Å². The Morgan fingerprint density at radius 3 is 2.52 bits per heavy atom. The Bertz CT molecular complexity index is 675. The molecule has 0 spiro atoms. The molecule has 0 bridgehead atoms. The van der Waals surface area contributed by atoms with Crippen LogP contribution in [0.15, 0.2) is 35.7 Å². The summed E-state index contributed by atoms with van der Waals surface area (Å²) in [5.41, 5.74) is 2.48. The number of aromatic nitrogens is 1. The summed E-state index contributed by atoms with van der Waals surface area (Å²) in [6.45, 7) is 8.85. The first-order chi connectivity index (χ1) is 12.1. The van der Waals surface area contributed by atoms with E-state index in [4.69, 9.17) is 0 Å². The van der Waals surface area contributed by atoms with Gasteiger partial charge in [-0.2, -0.15) is 0 Å². The van der Waals surface area contributed by atoms with E-state index in [9.17, 15) is 4.79 Å². The molecular formula is C20H27N3OS. The molecule has 2 heterocycles. The fraction of sp³-hybridized carbons (Fsp3) is 0.500. The minimum Gasteiger partial charge on any atom is -0.340 e. The summed E-state index contributed by atoms with van der Waals surface area (Å²) in [4.78, 5) is 21.5. The highest BCUT2D eigenvalue weighted by molar-refractivity contribution is 7.09. The summed E-state index contributed by atoms with van der Waals surface area (Å²) >= 11 is 1.68. The fourth-order valence-electron chi connectivity index (χ4n) is 3.07. The molecule has 0 unspecified atom stereocenters. The molecular weight excluding hydrogens is 330 g/mol. The van der Waals surface area contributed by atoms with Gasteiger partial charge in [0.05, 0.1) is 10.7 Å². The van der Waals surface area contributed by atoms with Gasteiger partial charge in [0.2, 0.25) is 5.91 Å². The maximum absolute atomic E-state index is 12.5. The Labute approximate surface area is 154 Å². The van der Waals surface area contributed by atoms with Crippen LogP contribution in [0.5, 0.6) is 0 Å². The van der Waals surface area contributed by atoms with Gasteiger partial charge in [0.25, 0.3) is 0 Å². The molecule has 0 atom stereocenters. The van der Waals surface area contributed by atoms with Gasteiger partial charge in [0.15, 0.2) is 0 Å². The smallest absolute Gasteiger partial charge is 0.223 e. The normalized spacial score (nSPS) is 15.7. The van der Waals surface area contributed by atoms with E-state index in [1.165, 1.54) is 5.56 Å². The van der Waals surface area contributed by atoms with E-state index < -0.39 is 0 Å². The van der Waals surface area contributed by atoms with Crippen LogP contribution in [0.3, 0.4) is 0 Å². The molecule has 1 aromatic heterocycles. The number of hydrogen-bond acceptors (Lipinski definition) is 4. The van der Waals surface area contributed by atoms with Crippen molar-refractivity contribution in [1.29, 1.82) is 0 Å². The van der Waals surface area contributed by atoms with Crippen LogP contribution >= 0.6 is 11.3 Å². The Morgan fingerprint density at radius 1 is 1.16 bits per heavy atom. The second-order valence-electron chi connectivity index (χ2n) is 6.96. The number of benzene rings is 1. The van der Waals surface area contributed by atoms with Crippen LogP contribution in [0, 0.1) is 0 Å². The number of hydrogen-bond donors (Lipinski definition) is 0. The third kappa shape index (κ3) is 5.13. The zero-order valence-corrected chi connectivity index (χ0v) is 16.0. The lowest BCUT2D eigenvalue weighted by Gasteiger charge is -2.34. The molecule has 2 aromatic rings. The summed E-state index contributed by atoms with van der Waals surface area (Å²) in [5.74, 6) is 0.721. The van der Waals surface area contributed by atoms with Crippen molar-refractivity contribution >= 4 is 17.2 Å². The fourth-order valence-corrected chi connectivity index (χ4v) is 4.03. The van der Waals surface area contributed by atoms with Crippen LogP contribution in [0.4, 0.5) is 0 Å². The molecule has 0 radical (unpaired) electrons. The number of piperazine rings is 1. The van der Waals surface area contributed by atoms with Crippen LogP contribution in [-0.4, -0.2) is 46.9 Å². The van der Waals surface area contributed by atoms with Crippen molar-refractivity contribution < 1.29 is 4.79 Å². The Balaban J connectivity index is 1.42. The van der Waals surface area contributed by atoms with Gasteiger partial charge in [0, 0.05) is 50.9 Å². The van der Waals surface area contributed by atoms with Gasteiger partial charge >= 0.3 is 0 Å². The topological polar surface area (TPSA) is 36.4 Å². The Kier molecular flexibility index (Phi) is 6.21. The molecule has 5 heteroatoms. The van der Waals surface area contributed by atoms with Gasteiger partial charge in [-0.05, 0) is 11.5 Å². The summed E-state index contributed by atoms with van der Waals surface area (Å²) in [6.07, 6.45) is 1.34. The van der Waals surface area contributed by atoms with Crippen LogP contribution in [0.25, 0.3) is 0 Å². The molecule has 1 amide bonds. The number of rotatable bonds is 6. The Morgan fingerprint density at radius 2 is 1.88 bits per heavy atom. The zero-order chi connectivity index (χ0) is 17.6. The maximum Gasteiger partial charge on any atom is 0.223 e. The molecule has 4 nitrogen and oxygen atoms in total. The predicted molar refractivity (Wildman–Crippen MR) is 103 cm³/mol. The summed E-state index contributed by atoms with van der Waals surface area (Å²) in [6, 6.07) is 10.5. The highest BCUT2D eigenvalue weighted by Crippen LogP contribution is 2.19.